The normalized spacial score (nSPS) is 17.5. The molecule has 1 aliphatic carbocycles. The summed E-state index contributed by atoms with van der Waals surface area (Å²) in [4.78, 5) is 26.9. The minimum Gasteiger partial charge on any atom is -0.356 e. The molecular formula is C19H26N4O2S. The van der Waals surface area contributed by atoms with E-state index in [9.17, 15) is 14.9 Å². The number of hydrogen-bond donors (Lipinski definition) is 2. The van der Waals surface area contributed by atoms with E-state index in [1.54, 1.807) is 18.3 Å². The largest absolute Gasteiger partial charge is 0.356 e. The lowest BCUT2D eigenvalue weighted by atomic mass is 9.96. The number of carbonyl (C=O) groups is 2. The molecule has 1 aromatic heterocycles. The summed E-state index contributed by atoms with van der Waals surface area (Å²) in [6, 6.07) is 2.27. The Balaban J connectivity index is 1.42. The van der Waals surface area contributed by atoms with Gasteiger partial charge in [-0.25, -0.2) is 0 Å². The van der Waals surface area contributed by atoms with E-state index in [2.05, 4.69) is 21.6 Å². The Hall–Kier alpha value is -1.91. The molecule has 1 aliphatic heterocycles. The zero-order chi connectivity index (χ0) is 18.5. The van der Waals surface area contributed by atoms with Gasteiger partial charge in [0.2, 0.25) is 11.8 Å². The first-order chi connectivity index (χ1) is 12.6. The van der Waals surface area contributed by atoms with Gasteiger partial charge in [-0.1, -0.05) is 0 Å². The van der Waals surface area contributed by atoms with E-state index in [0.717, 1.165) is 68.8 Å². The Morgan fingerprint density at radius 1 is 1.31 bits per heavy atom. The van der Waals surface area contributed by atoms with Crippen LogP contribution in [-0.4, -0.2) is 42.9 Å². The van der Waals surface area contributed by atoms with Gasteiger partial charge in [0.25, 0.3) is 0 Å². The van der Waals surface area contributed by atoms with Gasteiger partial charge in [-0.05, 0) is 56.7 Å². The van der Waals surface area contributed by atoms with E-state index >= 15 is 0 Å². The van der Waals surface area contributed by atoms with Crippen molar-refractivity contribution in [1.82, 2.24) is 10.2 Å². The second kappa shape index (κ2) is 8.65. The topological polar surface area (TPSA) is 85.2 Å². The number of anilines is 1. The molecule has 0 saturated carbocycles. The van der Waals surface area contributed by atoms with E-state index in [4.69, 9.17) is 0 Å². The van der Waals surface area contributed by atoms with Gasteiger partial charge in [-0.2, -0.15) is 5.26 Å². The maximum atomic E-state index is 12.3. The number of piperidine rings is 1. The Labute approximate surface area is 158 Å². The first-order valence-electron chi connectivity index (χ1n) is 9.38. The highest BCUT2D eigenvalue weighted by molar-refractivity contribution is 7.16. The van der Waals surface area contributed by atoms with Crippen molar-refractivity contribution in [3.63, 3.8) is 0 Å². The van der Waals surface area contributed by atoms with E-state index in [1.165, 1.54) is 4.88 Å². The molecular weight excluding hydrogens is 348 g/mol. The van der Waals surface area contributed by atoms with Gasteiger partial charge in [0.05, 0.1) is 5.56 Å². The fourth-order valence-electron chi connectivity index (χ4n) is 3.76. The molecule has 7 heteroatoms. The van der Waals surface area contributed by atoms with Crippen molar-refractivity contribution >= 4 is 28.2 Å². The van der Waals surface area contributed by atoms with Crippen molar-refractivity contribution in [3.05, 3.63) is 16.0 Å². The average Bonchev–Trinajstić information content (AvgIpc) is 3.19. The van der Waals surface area contributed by atoms with Crippen molar-refractivity contribution in [3.8, 4) is 6.07 Å². The Morgan fingerprint density at radius 3 is 2.77 bits per heavy atom. The van der Waals surface area contributed by atoms with Crippen LogP contribution >= 0.6 is 11.3 Å². The maximum Gasteiger partial charge on any atom is 0.226 e. The highest BCUT2D eigenvalue weighted by Gasteiger charge is 2.24. The number of rotatable bonds is 6. The minimum atomic E-state index is -0.0122. The predicted octanol–water partition coefficient (Wildman–Crippen LogP) is 2.29. The number of likely N-dealkylation sites (tertiary alicyclic amines) is 1. The van der Waals surface area contributed by atoms with Crippen LogP contribution in [0.2, 0.25) is 0 Å². The molecule has 1 fully saturated rings. The third-order valence-corrected chi connectivity index (χ3v) is 6.50. The number of aryl methyl sites for hydroxylation is 1. The molecule has 140 valence electrons. The molecule has 3 rings (SSSR count). The summed E-state index contributed by atoms with van der Waals surface area (Å²) in [6.07, 6.45) is 5.65. The zero-order valence-electron chi connectivity index (χ0n) is 15.3. The maximum absolute atomic E-state index is 12.3. The lowest BCUT2D eigenvalue weighted by molar-refractivity contribution is -0.119. The number of amides is 2. The van der Waals surface area contributed by atoms with Crippen LogP contribution in [0.1, 0.15) is 48.6 Å². The average molecular weight is 375 g/mol. The molecule has 6 nitrogen and oxygen atoms in total. The summed E-state index contributed by atoms with van der Waals surface area (Å²) >= 11 is 1.57. The quantitative estimate of drug-likeness (QED) is 0.800. The number of carbonyl (C=O) groups excluding carboxylic acids is 2. The van der Waals surface area contributed by atoms with Crippen LogP contribution in [0.15, 0.2) is 0 Å². The summed E-state index contributed by atoms with van der Waals surface area (Å²) in [7, 11) is 0. The van der Waals surface area contributed by atoms with Crippen LogP contribution < -0.4 is 10.6 Å². The second-order valence-corrected chi connectivity index (χ2v) is 8.30. The van der Waals surface area contributed by atoms with Gasteiger partial charge >= 0.3 is 0 Å². The first-order valence-corrected chi connectivity index (χ1v) is 10.2. The Kier molecular flexibility index (Phi) is 6.28. The molecule has 2 aliphatic rings. The summed E-state index contributed by atoms with van der Waals surface area (Å²) in [5.41, 5.74) is 1.82. The van der Waals surface area contributed by atoms with Gasteiger partial charge in [0.1, 0.15) is 11.1 Å². The van der Waals surface area contributed by atoms with Crippen molar-refractivity contribution in [2.45, 2.75) is 45.4 Å². The van der Waals surface area contributed by atoms with Gasteiger partial charge < -0.3 is 15.5 Å². The first kappa shape index (κ1) is 18.9. The monoisotopic (exact) mass is 374 g/mol. The second-order valence-electron chi connectivity index (χ2n) is 7.19. The van der Waals surface area contributed by atoms with Crippen molar-refractivity contribution in [2.24, 2.45) is 5.92 Å². The van der Waals surface area contributed by atoms with Gasteiger partial charge in [0.15, 0.2) is 0 Å². The SMILES string of the molecule is CC(=O)NCC1CCN(CCC(=O)Nc2sc3c(c2C#N)CCC3)CC1. The molecule has 0 spiro atoms. The van der Waals surface area contributed by atoms with Gasteiger partial charge in [0, 0.05) is 31.3 Å². The van der Waals surface area contributed by atoms with Crippen molar-refractivity contribution in [2.75, 3.05) is 31.5 Å². The lowest BCUT2D eigenvalue weighted by Gasteiger charge is -2.31. The Bertz CT molecular complexity index is 714. The molecule has 0 atom stereocenters. The summed E-state index contributed by atoms with van der Waals surface area (Å²) in [5, 5.41) is 16.0. The molecule has 1 aromatic rings. The molecule has 0 radical (unpaired) electrons. The standard InChI is InChI=1S/C19H26N4O2S/c1-13(24)21-12-14-5-8-23(9-6-14)10-7-18(25)22-19-16(11-20)15-3-2-4-17(15)26-19/h14H,2-10,12H2,1H3,(H,21,24)(H,22,25). The fourth-order valence-corrected chi connectivity index (χ4v) is 5.02. The number of hydrogen-bond acceptors (Lipinski definition) is 5. The van der Waals surface area contributed by atoms with E-state index in [0.29, 0.717) is 17.9 Å². The van der Waals surface area contributed by atoms with Crippen LogP contribution in [-0.2, 0) is 22.4 Å². The molecule has 26 heavy (non-hydrogen) atoms. The molecule has 2 heterocycles. The van der Waals surface area contributed by atoms with Crippen LogP contribution in [0.25, 0.3) is 0 Å². The lowest BCUT2D eigenvalue weighted by Crippen LogP contribution is -2.39. The number of fused-ring (bicyclic) bond motifs is 1. The van der Waals surface area contributed by atoms with Crippen LogP contribution in [0.3, 0.4) is 0 Å². The van der Waals surface area contributed by atoms with Crippen LogP contribution in [0.4, 0.5) is 5.00 Å². The zero-order valence-corrected chi connectivity index (χ0v) is 16.1. The number of nitriles is 1. The number of nitrogens with one attached hydrogen (secondary N) is 2. The third kappa shape index (κ3) is 4.63. The van der Waals surface area contributed by atoms with Gasteiger partial charge in [-0.3, -0.25) is 9.59 Å². The van der Waals surface area contributed by atoms with E-state index < -0.39 is 0 Å². The summed E-state index contributed by atoms with van der Waals surface area (Å²) in [6.45, 7) is 4.98. The number of nitrogens with zero attached hydrogens (tertiary/aromatic N) is 2. The third-order valence-electron chi connectivity index (χ3n) is 5.29. The summed E-state index contributed by atoms with van der Waals surface area (Å²) in [5.74, 6) is 0.554. The highest BCUT2D eigenvalue weighted by atomic mass is 32.1. The van der Waals surface area contributed by atoms with Crippen molar-refractivity contribution < 1.29 is 9.59 Å². The van der Waals surface area contributed by atoms with Gasteiger partial charge in [-0.15, -0.1) is 11.3 Å². The fraction of sp³-hybridized carbons (Fsp3) is 0.632. The molecule has 2 N–H and O–H groups in total. The smallest absolute Gasteiger partial charge is 0.226 e. The minimum absolute atomic E-state index is 0.0122. The van der Waals surface area contributed by atoms with Crippen molar-refractivity contribution in [1.29, 1.82) is 5.26 Å². The number of thiophene rings is 1. The Morgan fingerprint density at radius 2 is 2.08 bits per heavy atom. The molecule has 0 aromatic carbocycles. The molecule has 1 saturated heterocycles. The molecule has 0 bridgehead atoms. The molecule has 0 unspecified atom stereocenters. The van der Waals surface area contributed by atoms with E-state index in [-0.39, 0.29) is 11.8 Å². The highest BCUT2D eigenvalue weighted by Crippen LogP contribution is 2.38. The van der Waals surface area contributed by atoms with Crippen LogP contribution in [0.5, 0.6) is 0 Å². The predicted molar refractivity (Wildman–Crippen MR) is 102 cm³/mol. The summed E-state index contributed by atoms with van der Waals surface area (Å²) < 4.78 is 0. The van der Waals surface area contributed by atoms with E-state index in [1.807, 2.05) is 0 Å². The van der Waals surface area contributed by atoms with Crippen LogP contribution in [0, 0.1) is 17.2 Å². The molecule has 2 amide bonds.